The molecule has 1 spiro atoms. The van der Waals surface area contributed by atoms with Crippen molar-refractivity contribution in [2.45, 2.75) is 51.9 Å². The summed E-state index contributed by atoms with van der Waals surface area (Å²) in [5, 5.41) is 0. The second-order valence-corrected chi connectivity index (χ2v) is 4.37. The van der Waals surface area contributed by atoms with Crippen LogP contribution in [0.3, 0.4) is 0 Å². The second-order valence-electron chi connectivity index (χ2n) is 4.37. The Kier molecular flexibility index (Phi) is 1.51. The zero-order valence-electron chi connectivity index (χ0n) is 7.03. The summed E-state index contributed by atoms with van der Waals surface area (Å²) in [5.74, 6) is 1.09. The summed E-state index contributed by atoms with van der Waals surface area (Å²) in [4.78, 5) is 0. The molecule has 0 aliphatic heterocycles. The maximum atomic E-state index is 2.35. The zero-order valence-corrected chi connectivity index (χ0v) is 7.03. The quantitative estimate of drug-likeness (QED) is 0.521. The lowest BCUT2D eigenvalue weighted by Gasteiger charge is -2.28. The Hall–Kier alpha value is 0. The van der Waals surface area contributed by atoms with Gasteiger partial charge < -0.3 is 0 Å². The molecule has 2 saturated carbocycles. The molecule has 1 unspecified atom stereocenters. The van der Waals surface area contributed by atoms with Crippen molar-refractivity contribution in [3.8, 4) is 0 Å². The molecule has 0 aromatic heterocycles. The lowest BCUT2D eigenvalue weighted by Crippen LogP contribution is -2.15. The van der Waals surface area contributed by atoms with Crippen LogP contribution in [-0.4, -0.2) is 0 Å². The van der Waals surface area contributed by atoms with Crippen molar-refractivity contribution in [1.29, 1.82) is 0 Å². The van der Waals surface area contributed by atoms with Crippen LogP contribution in [0.5, 0.6) is 0 Å². The molecule has 2 rings (SSSR count). The second kappa shape index (κ2) is 2.25. The minimum atomic E-state index is 0.902. The smallest absolute Gasteiger partial charge is 0.0294 e. The maximum Gasteiger partial charge on any atom is -0.0294 e. The van der Waals surface area contributed by atoms with E-state index in [1.165, 1.54) is 19.3 Å². The summed E-state index contributed by atoms with van der Waals surface area (Å²) < 4.78 is 0. The third-order valence-electron chi connectivity index (χ3n) is 3.58. The SMILES string of the molecule is CCC1CCCC2(CC2)C1. The molecular weight excluding hydrogens is 120 g/mol. The molecule has 2 aliphatic carbocycles. The van der Waals surface area contributed by atoms with E-state index in [4.69, 9.17) is 0 Å². The Morgan fingerprint density at radius 2 is 2.10 bits per heavy atom. The van der Waals surface area contributed by atoms with E-state index in [-0.39, 0.29) is 0 Å². The van der Waals surface area contributed by atoms with Gasteiger partial charge in [0.25, 0.3) is 0 Å². The highest BCUT2D eigenvalue weighted by molar-refractivity contribution is 4.96. The molecule has 0 heteroatoms. The highest BCUT2D eigenvalue weighted by atomic mass is 14.5. The molecule has 58 valence electrons. The van der Waals surface area contributed by atoms with Crippen LogP contribution in [0.4, 0.5) is 0 Å². The van der Waals surface area contributed by atoms with Gasteiger partial charge in [-0.15, -0.1) is 0 Å². The Labute approximate surface area is 64.0 Å². The van der Waals surface area contributed by atoms with Crippen LogP contribution in [-0.2, 0) is 0 Å². The van der Waals surface area contributed by atoms with Crippen molar-refractivity contribution in [2.24, 2.45) is 11.3 Å². The van der Waals surface area contributed by atoms with E-state index in [1.807, 2.05) is 0 Å². The first-order valence-electron chi connectivity index (χ1n) is 4.85. The van der Waals surface area contributed by atoms with Crippen LogP contribution in [0.15, 0.2) is 0 Å². The lowest BCUT2D eigenvalue weighted by atomic mass is 9.78. The molecule has 0 aromatic carbocycles. The summed E-state index contributed by atoms with van der Waals surface area (Å²) in [6, 6.07) is 0. The van der Waals surface area contributed by atoms with Gasteiger partial charge in [-0.25, -0.2) is 0 Å². The highest BCUT2D eigenvalue weighted by Crippen LogP contribution is 2.57. The van der Waals surface area contributed by atoms with E-state index >= 15 is 0 Å². The van der Waals surface area contributed by atoms with Crippen LogP contribution in [0, 0.1) is 11.3 Å². The molecular formula is C10H18. The lowest BCUT2D eigenvalue weighted by molar-refractivity contribution is 0.242. The molecule has 1 atom stereocenters. The molecule has 2 aliphatic rings. The third kappa shape index (κ3) is 1.09. The topological polar surface area (TPSA) is 0 Å². The Balaban J connectivity index is 1.91. The molecule has 0 nitrogen and oxygen atoms in total. The molecule has 0 radical (unpaired) electrons. The molecule has 0 saturated heterocycles. The van der Waals surface area contributed by atoms with Crippen molar-refractivity contribution >= 4 is 0 Å². The van der Waals surface area contributed by atoms with Gasteiger partial charge in [0, 0.05) is 0 Å². The van der Waals surface area contributed by atoms with E-state index in [0.717, 1.165) is 11.3 Å². The standard InChI is InChI=1S/C10H18/c1-2-9-4-3-5-10(8-9)6-7-10/h9H,2-8H2,1H3. The summed E-state index contributed by atoms with van der Waals surface area (Å²) in [6.07, 6.45) is 10.7. The minimum Gasteiger partial charge on any atom is -0.0651 e. The number of rotatable bonds is 1. The molecule has 0 bridgehead atoms. The number of hydrogen-bond acceptors (Lipinski definition) is 0. The van der Waals surface area contributed by atoms with Crippen LogP contribution in [0.25, 0.3) is 0 Å². The molecule has 0 N–H and O–H groups in total. The Morgan fingerprint density at radius 1 is 1.30 bits per heavy atom. The van der Waals surface area contributed by atoms with Crippen molar-refractivity contribution in [3.05, 3.63) is 0 Å². The third-order valence-corrected chi connectivity index (χ3v) is 3.58. The average Bonchev–Trinajstić information content (AvgIpc) is 2.70. The van der Waals surface area contributed by atoms with Gasteiger partial charge in [-0.1, -0.05) is 26.2 Å². The average molecular weight is 138 g/mol. The fourth-order valence-electron chi connectivity index (χ4n) is 2.56. The van der Waals surface area contributed by atoms with E-state index < -0.39 is 0 Å². The first-order valence-corrected chi connectivity index (χ1v) is 4.85. The Bertz CT molecular complexity index is 122. The first-order chi connectivity index (χ1) is 4.85. The molecule has 0 aromatic rings. The maximum absolute atomic E-state index is 2.35. The van der Waals surface area contributed by atoms with Gasteiger partial charge in [0.2, 0.25) is 0 Å². The Morgan fingerprint density at radius 3 is 2.70 bits per heavy atom. The summed E-state index contributed by atoms with van der Waals surface area (Å²) in [6.45, 7) is 2.35. The molecule has 0 heterocycles. The molecule has 0 amide bonds. The van der Waals surface area contributed by atoms with E-state index in [0.29, 0.717) is 0 Å². The fraction of sp³-hybridized carbons (Fsp3) is 1.00. The van der Waals surface area contributed by atoms with Gasteiger partial charge in [0.05, 0.1) is 0 Å². The summed E-state index contributed by atoms with van der Waals surface area (Å²) in [7, 11) is 0. The summed E-state index contributed by atoms with van der Waals surface area (Å²) >= 11 is 0. The minimum absolute atomic E-state index is 0.902. The fourth-order valence-corrected chi connectivity index (χ4v) is 2.56. The summed E-state index contributed by atoms with van der Waals surface area (Å²) in [5.41, 5.74) is 0.902. The van der Waals surface area contributed by atoms with Gasteiger partial charge in [0.15, 0.2) is 0 Å². The largest absolute Gasteiger partial charge is 0.0651 e. The van der Waals surface area contributed by atoms with Crippen molar-refractivity contribution in [1.82, 2.24) is 0 Å². The van der Waals surface area contributed by atoms with Gasteiger partial charge in [0.1, 0.15) is 0 Å². The van der Waals surface area contributed by atoms with Gasteiger partial charge in [-0.2, -0.15) is 0 Å². The first kappa shape index (κ1) is 6.69. The predicted molar refractivity (Wildman–Crippen MR) is 43.9 cm³/mol. The van der Waals surface area contributed by atoms with Crippen LogP contribution in [0.2, 0.25) is 0 Å². The predicted octanol–water partition coefficient (Wildman–Crippen LogP) is 3.37. The van der Waals surface area contributed by atoms with Crippen molar-refractivity contribution < 1.29 is 0 Å². The van der Waals surface area contributed by atoms with Crippen molar-refractivity contribution in [2.75, 3.05) is 0 Å². The van der Waals surface area contributed by atoms with E-state index in [2.05, 4.69) is 6.92 Å². The normalized spacial score (nSPS) is 36.3. The van der Waals surface area contributed by atoms with Gasteiger partial charge >= 0.3 is 0 Å². The monoisotopic (exact) mass is 138 g/mol. The van der Waals surface area contributed by atoms with Crippen LogP contribution < -0.4 is 0 Å². The van der Waals surface area contributed by atoms with Gasteiger partial charge in [-0.3, -0.25) is 0 Å². The zero-order chi connectivity index (χ0) is 7.03. The van der Waals surface area contributed by atoms with Crippen molar-refractivity contribution in [3.63, 3.8) is 0 Å². The molecule has 10 heavy (non-hydrogen) atoms. The van der Waals surface area contributed by atoms with Crippen LogP contribution >= 0.6 is 0 Å². The van der Waals surface area contributed by atoms with Crippen LogP contribution in [0.1, 0.15) is 51.9 Å². The number of hydrogen-bond donors (Lipinski definition) is 0. The van der Waals surface area contributed by atoms with E-state index in [1.54, 1.807) is 25.7 Å². The van der Waals surface area contributed by atoms with Gasteiger partial charge in [-0.05, 0) is 37.0 Å². The highest BCUT2D eigenvalue weighted by Gasteiger charge is 2.44. The molecule has 2 fully saturated rings. The van der Waals surface area contributed by atoms with E-state index in [9.17, 15) is 0 Å².